The van der Waals surface area contributed by atoms with E-state index in [1.807, 2.05) is 28.9 Å². The van der Waals surface area contributed by atoms with Crippen molar-refractivity contribution in [2.24, 2.45) is 5.92 Å². The van der Waals surface area contributed by atoms with Gasteiger partial charge in [0.25, 0.3) is 5.91 Å². The summed E-state index contributed by atoms with van der Waals surface area (Å²) in [5.41, 5.74) is 2.31. The summed E-state index contributed by atoms with van der Waals surface area (Å²) in [4.78, 5) is 30.5. The molecule has 9 nitrogen and oxygen atoms in total. The van der Waals surface area contributed by atoms with E-state index in [2.05, 4.69) is 35.4 Å². The van der Waals surface area contributed by atoms with Crippen LogP contribution in [0, 0.1) is 12.8 Å². The molecule has 1 unspecified atom stereocenters. The second-order valence-corrected chi connectivity index (χ2v) is 9.53. The average molecular weight is 484 g/mol. The molecule has 2 aliphatic heterocycles. The lowest BCUT2D eigenvalue weighted by atomic mass is 9.74. The van der Waals surface area contributed by atoms with Crippen molar-refractivity contribution in [3.8, 4) is 5.75 Å². The minimum Gasteiger partial charge on any atom is -0.497 e. The quantitative estimate of drug-likeness (QED) is 0.523. The Kier molecular flexibility index (Phi) is 7.76. The molecule has 1 atom stereocenters. The van der Waals surface area contributed by atoms with E-state index in [1.54, 1.807) is 14.2 Å². The molecule has 2 saturated heterocycles. The summed E-state index contributed by atoms with van der Waals surface area (Å²) in [6.45, 7) is 8.15. The minimum absolute atomic E-state index is 0.0356. The first kappa shape index (κ1) is 25.2. The lowest BCUT2D eigenvalue weighted by Crippen LogP contribution is -2.57. The van der Waals surface area contributed by atoms with Gasteiger partial charge in [-0.3, -0.25) is 19.3 Å². The van der Waals surface area contributed by atoms with Crippen LogP contribution in [0.25, 0.3) is 0 Å². The van der Waals surface area contributed by atoms with Crippen LogP contribution < -0.4 is 10.1 Å². The number of aromatic nitrogens is 2. The number of rotatable bonds is 10. The van der Waals surface area contributed by atoms with Crippen LogP contribution in [0.3, 0.4) is 0 Å². The molecule has 4 rings (SSSR count). The molecule has 3 amide bonds. The lowest BCUT2D eigenvalue weighted by molar-refractivity contribution is -0.134. The molecular formula is C26H37N5O4. The van der Waals surface area contributed by atoms with Gasteiger partial charge in [0, 0.05) is 38.4 Å². The summed E-state index contributed by atoms with van der Waals surface area (Å²) in [6, 6.07) is 7.41. The van der Waals surface area contributed by atoms with Crippen molar-refractivity contribution in [3.63, 3.8) is 0 Å². The Hall–Kier alpha value is -2.91. The van der Waals surface area contributed by atoms with E-state index in [0.717, 1.165) is 56.0 Å². The van der Waals surface area contributed by atoms with Gasteiger partial charge >= 0.3 is 6.03 Å². The Bertz CT molecular complexity index is 1050. The maximum atomic E-state index is 13.8. The first-order chi connectivity index (χ1) is 16.9. The van der Waals surface area contributed by atoms with E-state index in [1.165, 1.54) is 10.5 Å². The number of methoxy groups -OCH3 is 2. The van der Waals surface area contributed by atoms with Gasteiger partial charge < -0.3 is 14.8 Å². The van der Waals surface area contributed by atoms with Crippen LogP contribution in [0.1, 0.15) is 36.6 Å². The minimum atomic E-state index is -0.966. The molecule has 0 aliphatic carbocycles. The fourth-order valence-electron chi connectivity index (χ4n) is 5.38. The molecule has 190 valence electrons. The van der Waals surface area contributed by atoms with Crippen LogP contribution >= 0.6 is 0 Å². The van der Waals surface area contributed by atoms with Gasteiger partial charge in [-0.15, -0.1) is 0 Å². The number of amides is 3. The first-order valence-electron chi connectivity index (χ1n) is 12.4. The Morgan fingerprint density at radius 1 is 1.20 bits per heavy atom. The molecule has 2 aliphatic rings. The van der Waals surface area contributed by atoms with Crippen molar-refractivity contribution in [2.75, 3.05) is 40.5 Å². The Morgan fingerprint density at radius 2 is 1.97 bits per heavy atom. The number of piperidine rings is 1. The predicted molar refractivity (Wildman–Crippen MR) is 132 cm³/mol. The zero-order chi connectivity index (χ0) is 25.0. The predicted octanol–water partition coefficient (Wildman–Crippen LogP) is 2.61. The second-order valence-electron chi connectivity index (χ2n) is 9.53. The summed E-state index contributed by atoms with van der Waals surface area (Å²) in [6.07, 6.45) is 4.22. The van der Waals surface area contributed by atoms with Gasteiger partial charge in [-0.25, -0.2) is 4.79 Å². The van der Waals surface area contributed by atoms with Crippen molar-refractivity contribution in [1.82, 2.24) is 24.9 Å². The maximum Gasteiger partial charge on any atom is 0.325 e. The molecule has 2 aromatic rings. The fourth-order valence-corrected chi connectivity index (χ4v) is 5.38. The third-order valence-electron chi connectivity index (χ3n) is 7.39. The van der Waals surface area contributed by atoms with E-state index in [0.29, 0.717) is 13.0 Å². The van der Waals surface area contributed by atoms with Crippen LogP contribution in [0.2, 0.25) is 0 Å². The van der Waals surface area contributed by atoms with Crippen LogP contribution in [0.5, 0.6) is 5.75 Å². The monoisotopic (exact) mass is 483 g/mol. The second kappa shape index (κ2) is 10.8. The van der Waals surface area contributed by atoms with E-state index in [-0.39, 0.29) is 24.4 Å². The SMILES string of the molecule is CCn1cc(CN2CCC(C3(Cc4cccc(OC)c4)NC(=O)N(CCOC)C3=O)CC2)c(C)n1. The first-order valence-corrected chi connectivity index (χ1v) is 12.4. The highest BCUT2D eigenvalue weighted by Gasteiger charge is 2.55. The van der Waals surface area contributed by atoms with Gasteiger partial charge in [-0.05, 0) is 63.4 Å². The molecule has 1 aromatic carbocycles. The number of ether oxygens (including phenoxy) is 2. The van der Waals surface area contributed by atoms with Crippen molar-refractivity contribution in [1.29, 1.82) is 0 Å². The van der Waals surface area contributed by atoms with E-state index >= 15 is 0 Å². The van der Waals surface area contributed by atoms with Crippen molar-refractivity contribution >= 4 is 11.9 Å². The largest absolute Gasteiger partial charge is 0.497 e. The Labute approximate surface area is 207 Å². The molecule has 0 radical (unpaired) electrons. The topological polar surface area (TPSA) is 88.9 Å². The summed E-state index contributed by atoms with van der Waals surface area (Å²) in [5.74, 6) is 0.623. The lowest BCUT2D eigenvalue weighted by Gasteiger charge is -2.41. The summed E-state index contributed by atoms with van der Waals surface area (Å²) >= 11 is 0. The smallest absolute Gasteiger partial charge is 0.325 e. The summed E-state index contributed by atoms with van der Waals surface area (Å²) in [5, 5.41) is 7.69. The molecule has 9 heteroatoms. The summed E-state index contributed by atoms with van der Waals surface area (Å²) in [7, 11) is 3.20. The van der Waals surface area contributed by atoms with Crippen molar-refractivity contribution in [3.05, 3.63) is 47.3 Å². The number of nitrogens with one attached hydrogen (secondary N) is 1. The third kappa shape index (κ3) is 5.21. The molecule has 1 N–H and O–H groups in total. The summed E-state index contributed by atoms with van der Waals surface area (Å²) < 4.78 is 12.5. The number of imide groups is 1. The molecule has 0 spiro atoms. The highest BCUT2D eigenvalue weighted by atomic mass is 16.5. The molecular weight excluding hydrogens is 446 g/mol. The zero-order valence-electron chi connectivity index (χ0n) is 21.2. The standard InChI is InChI=1S/C26H37N5O4/c1-5-30-18-21(19(2)28-30)17-29-11-9-22(10-12-29)26(16-20-7-6-8-23(15-20)35-4)24(32)31(13-14-34-3)25(33)27-26/h6-8,15,18,22H,5,9-14,16-17H2,1-4H3,(H,27,33). The van der Waals surface area contributed by atoms with Gasteiger partial charge in [-0.2, -0.15) is 5.10 Å². The van der Waals surface area contributed by atoms with Crippen LogP contribution in [-0.4, -0.2) is 77.5 Å². The van der Waals surface area contributed by atoms with Gasteiger partial charge in [0.05, 0.1) is 26.0 Å². The normalized spacial score (nSPS) is 21.5. The zero-order valence-corrected chi connectivity index (χ0v) is 21.2. The van der Waals surface area contributed by atoms with Crippen LogP contribution in [0.15, 0.2) is 30.5 Å². The van der Waals surface area contributed by atoms with Gasteiger partial charge in [0.2, 0.25) is 0 Å². The van der Waals surface area contributed by atoms with E-state index in [4.69, 9.17) is 9.47 Å². The number of benzene rings is 1. The number of carbonyl (C=O) groups is 2. The molecule has 3 heterocycles. The average Bonchev–Trinajstić information content (AvgIpc) is 3.34. The maximum absolute atomic E-state index is 13.8. The molecule has 2 fully saturated rings. The van der Waals surface area contributed by atoms with Crippen molar-refractivity contribution < 1.29 is 19.1 Å². The number of hydrogen-bond acceptors (Lipinski definition) is 6. The molecule has 0 saturated carbocycles. The number of nitrogens with zero attached hydrogens (tertiary/aromatic N) is 4. The Morgan fingerprint density at radius 3 is 2.63 bits per heavy atom. The van der Waals surface area contributed by atoms with Crippen LogP contribution in [-0.2, 0) is 29.0 Å². The highest BCUT2D eigenvalue weighted by Crippen LogP contribution is 2.37. The highest BCUT2D eigenvalue weighted by molar-refractivity contribution is 6.07. The third-order valence-corrected chi connectivity index (χ3v) is 7.39. The number of carbonyl (C=O) groups excluding carboxylic acids is 2. The fraction of sp³-hybridized carbons (Fsp3) is 0.577. The van der Waals surface area contributed by atoms with Gasteiger partial charge in [-0.1, -0.05) is 12.1 Å². The number of likely N-dealkylation sites (tertiary alicyclic amines) is 1. The Balaban J connectivity index is 1.53. The molecule has 0 bridgehead atoms. The number of aryl methyl sites for hydroxylation is 2. The van der Waals surface area contributed by atoms with Gasteiger partial charge in [0.15, 0.2) is 0 Å². The molecule has 35 heavy (non-hydrogen) atoms. The van der Waals surface area contributed by atoms with E-state index in [9.17, 15) is 9.59 Å². The van der Waals surface area contributed by atoms with Crippen LogP contribution in [0.4, 0.5) is 4.79 Å². The van der Waals surface area contributed by atoms with Gasteiger partial charge in [0.1, 0.15) is 11.3 Å². The van der Waals surface area contributed by atoms with E-state index < -0.39 is 5.54 Å². The molecule has 1 aromatic heterocycles. The number of hydrogen-bond donors (Lipinski definition) is 1. The van der Waals surface area contributed by atoms with Crippen molar-refractivity contribution in [2.45, 2.75) is 51.7 Å². The number of urea groups is 1.